The van der Waals surface area contributed by atoms with E-state index in [1.807, 2.05) is 44.2 Å². The average Bonchev–Trinajstić information content (AvgIpc) is 2.93. The first-order chi connectivity index (χ1) is 19.0. The second kappa shape index (κ2) is 13.9. The van der Waals surface area contributed by atoms with Crippen molar-refractivity contribution in [1.29, 1.82) is 0 Å². The number of hydrogen-bond donors (Lipinski definition) is 1. The van der Waals surface area contributed by atoms with Crippen LogP contribution in [-0.4, -0.2) is 57.6 Å². The van der Waals surface area contributed by atoms with Crippen LogP contribution in [0.1, 0.15) is 25.0 Å². The lowest BCUT2D eigenvalue weighted by molar-refractivity contribution is -0.140. The van der Waals surface area contributed by atoms with Gasteiger partial charge in [-0.25, -0.2) is 12.8 Å². The van der Waals surface area contributed by atoms with Crippen molar-refractivity contribution in [2.45, 2.75) is 32.9 Å². The van der Waals surface area contributed by atoms with E-state index in [4.69, 9.17) is 4.74 Å². The first kappa shape index (κ1) is 30.6. The highest BCUT2D eigenvalue weighted by Gasteiger charge is 2.33. The summed E-state index contributed by atoms with van der Waals surface area (Å²) in [6, 6.07) is 20.4. The number of carbonyl (C=O) groups excluding carboxylic acids is 2. The van der Waals surface area contributed by atoms with Crippen LogP contribution in [0.4, 0.5) is 10.1 Å². The van der Waals surface area contributed by atoms with Gasteiger partial charge in [-0.1, -0.05) is 62.4 Å². The maximum absolute atomic E-state index is 14.8. The summed E-state index contributed by atoms with van der Waals surface area (Å²) < 4.78 is 46.5. The molecule has 3 aromatic carbocycles. The molecule has 8 nitrogen and oxygen atoms in total. The van der Waals surface area contributed by atoms with E-state index >= 15 is 0 Å². The number of halogens is 1. The van der Waals surface area contributed by atoms with Gasteiger partial charge in [0.1, 0.15) is 24.2 Å². The minimum absolute atomic E-state index is 0.159. The van der Waals surface area contributed by atoms with Crippen molar-refractivity contribution >= 4 is 27.5 Å². The molecule has 0 saturated heterocycles. The van der Waals surface area contributed by atoms with E-state index in [2.05, 4.69) is 5.32 Å². The van der Waals surface area contributed by atoms with Gasteiger partial charge in [0.2, 0.25) is 21.8 Å². The first-order valence-electron chi connectivity index (χ1n) is 13.0. The number of rotatable bonds is 13. The summed E-state index contributed by atoms with van der Waals surface area (Å²) in [5, 5.41) is 2.89. The van der Waals surface area contributed by atoms with Crippen molar-refractivity contribution in [3.05, 3.63) is 95.8 Å². The Morgan fingerprint density at radius 3 is 2.15 bits per heavy atom. The molecule has 1 atom stereocenters. The van der Waals surface area contributed by atoms with Crippen molar-refractivity contribution in [1.82, 2.24) is 10.2 Å². The molecule has 0 heterocycles. The zero-order chi connectivity index (χ0) is 29.3. The third-order valence-corrected chi connectivity index (χ3v) is 7.43. The molecule has 0 aliphatic rings. The Kier molecular flexibility index (Phi) is 10.7. The van der Waals surface area contributed by atoms with E-state index in [9.17, 15) is 22.4 Å². The molecule has 0 aliphatic heterocycles. The Balaban J connectivity index is 2.04. The van der Waals surface area contributed by atoms with Crippen LogP contribution in [-0.2, 0) is 32.6 Å². The first-order valence-corrected chi connectivity index (χ1v) is 14.8. The van der Waals surface area contributed by atoms with Crippen LogP contribution < -0.4 is 14.4 Å². The summed E-state index contributed by atoms with van der Waals surface area (Å²) in [4.78, 5) is 28.8. The minimum atomic E-state index is -3.90. The predicted molar refractivity (Wildman–Crippen MR) is 154 cm³/mol. The molecule has 1 unspecified atom stereocenters. The summed E-state index contributed by atoms with van der Waals surface area (Å²) in [6.45, 7) is 3.48. The van der Waals surface area contributed by atoms with Crippen LogP contribution in [0.5, 0.6) is 5.75 Å². The lowest BCUT2D eigenvalue weighted by atomic mass is 10.0. The molecular weight excluding hydrogens is 533 g/mol. The van der Waals surface area contributed by atoms with Crippen LogP contribution in [0.2, 0.25) is 0 Å². The van der Waals surface area contributed by atoms with Crippen molar-refractivity contribution in [3.8, 4) is 5.75 Å². The highest BCUT2D eigenvalue weighted by molar-refractivity contribution is 7.92. The largest absolute Gasteiger partial charge is 0.497 e. The number of nitrogens with zero attached hydrogens (tertiary/aromatic N) is 2. The summed E-state index contributed by atoms with van der Waals surface area (Å²) in [6.07, 6.45) is 1.16. The minimum Gasteiger partial charge on any atom is -0.497 e. The number of hydrogen-bond acceptors (Lipinski definition) is 5. The number of nitrogens with one attached hydrogen (secondary N) is 1. The molecule has 0 aromatic heterocycles. The summed E-state index contributed by atoms with van der Waals surface area (Å²) in [5.74, 6) is -0.901. The molecule has 10 heteroatoms. The number of anilines is 1. The second-order valence-electron chi connectivity index (χ2n) is 9.93. The van der Waals surface area contributed by atoms with Gasteiger partial charge in [0.15, 0.2) is 0 Å². The maximum Gasteiger partial charge on any atom is 0.244 e. The highest BCUT2D eigenvalue weighted by Crippen LogP contribution is 2.23. The zero-order valence-electron chi connectivity index (χ0n) is 23.2. The molecule has 0 fully saturated rings. The third-order valence-electron chi connectivity index (χ3n) is 6.29. The topological polar surface area (TPSA) is 96.0 Å². The summed E-state index contributed by atoms with van der Waals surface area (Å²) in [5.41, 5.74) is 1.26. The van der Waals surface area contributed by atoms with Gasteiger partial charge in [-0.3, -0.25) is 13.9 Å². The molecule has 1 N–H and O–H groups in total. The fourth-order valence-electron chi connectivity index (χ4n) is 4.15. The van der Waals surface area contributed by atoms with E-state index < -0.39 is 40.2 Å². The Labute approximate surface area is 235 Å². The molecule has 3 rings (SSSR count). The smallest absolute Gasteiger partial charge is 0.244 e. The van der Waals surface area contributed by atoms with E-state index in [1.54, 1.807) is 24.3 Å². The van der Waals surface area contributed by atoms with Gasteiger partial charge in [-0.05, 0) is 41.8 Å². The maximum atomic E-state index is 14.8. The van der Waals surface area contributed by atoms with E-state index in [1.165, 1.54) is 36.3 Å². The number of amides is 2. The monoisotopic (exact) mass is 569 g/mol. The normalized spacial score (nSPS) is 12.1. The van der Waals surface area contributed by atoms with Crippen molar-refractivity contribution < 1.29 is 27.1 Å². The zero-order valence-corrected chi connectivity index (χ0v) is 24.0. The Morgan fingerprint density at radius 2 is 1.57 bits per heavy atom. The molecule has 0 spiro atoms. The van der Waals surface area contributed by atoms with E-state index in [-0.39, 0.29) is 30.1 Å². The highest BCUT2D eigenvalue weighted by atomic mass is 32.2. The van der Waals surface area contributed by atoms with Crippen molar-refractivity contribution in [2.75, 3.05) is 30.8 Å². The van der Waals surface area contributed by atoms with Gasteiger partial charge in [-0.15, -0.1) is 0 Å². The van der Waals surface area contributed by atoms with Crippen LogP contribution in [0, 0.1) is 11.7 Å². The average molecular weight is 570 g/mol. The lowest BCUT2D eigenvalue weighted by Crippen LogP contribution is -2.53. The van der Waals surface area contributed by atoms with Crippen LogP contribution >= 0.6 is 0 Å². The quantitative estimate of drug-likeness (QED) is 0.336. The SMILES string of the molecule is COc1ccc(N(CC(=O)N(Cc2ccccc2F)C(Cc2ccccc2)C(=O)NCC(C)C)S(C)(=O)=O)cc1. The van der Waals surface area contributed by atoms with E-state index in [0.717, 1.165) is 16.1 Å². The second-order valence-corrected chi connectivity index (χ2v) is 11.8. The van der Waals surface area contributed by atoms with Crippen LogP contribution in [0.3, 0.4) is 0 Å². The number of sulfonamides is 1. The fraction of sp³-hybridized carbons (Fsp3) is 0.333. The van der Waals surface area contributed by atoms with Gasteiger partial charge in [0.05, 0.1) is 19.1 Å². The Morgan fingerprint density at radius 1 is 0.950 bits per heavy atom. The summed E-state index contributed by atoms with van der Waals surface area (Å²) >= 11 is 0. The molecule has 2 amide bonds. The molecule has 0 saturated carbocycles. The third kappa shape index (κ3) is 8.54. The fourth-order valence-corrected chi connectivity index (χ4v) is 5.00. The van der Waals surface area contributed by atoms with Gasteiger partial charge >= 0.3 is 0 Å². The van der Waals surface area contributed by atoms with Gasteiger partial charge in [0, 0.05) is 25.1 Å². The summed E-state index contributed by atoms with van der Waals surface area (Å²) in [7, 11) is -2.41. The predicted octanol–water partition coefficient (Wildman–Crippen LogP) is 4.01. The molecule has 0 radical (unpaired) electrons. The van der Waals surface area contributed by atoms with Gasteiger partial charge in [-0.2, -0.15) is 0 Å². The Bertz CT molecular complexity index is 1380. The standard InChI is InChI=1S/C30H36FN3O5S/c1-22(2)19-32-30(36)28(18-23-10-6-5-7-11-23)33(20-24-12-8-9-13-27(24)31)29(35)21-34(40(4,37)38)25-14-16-26(39-3)17-15-25/h5-17,22,28H,18-21H2,1-4H3,(H,32,36). The van der Waals surface area contributed by atoms with Crippen molar-refractivity contribution in [3.63, 3.8) is 0 Å². The van der Waals surface area contributed by atoms with Crippen LogP contribution in [0.15, 0.2) is 78.9 Å². The van der Waals surface area contributed by atoms with Gasteiger partial charge in [0.25, 0.3) is 0 Å². The molecular formula is C30H36FN3O5S. The van der Waals surface area contributed by atoms with Crippen LogP contribution in [0.25, 0.3) is 0 Å². The van der Waals surface area contributed by atoms with E-state index in [0.29, 0.717) is 12.3 Å². The molecule has 0 aliphatic carbocycles. The number of carbonyl (C=O) groups is 2. The molecule has 3 aromatic rings. The lowest BCUT2D eigenvalue weighted by Gasteiger charge is -2.33. The van der Waals surface area contributed by atoms with Crippen molar-refractivity contribution in [2.24, 2.45) is 5.92 Å². The molecule has 40 heavy (non-hydrogen) atoms. The molecule has 0 bridgehead atoms. The number of ether oxygens (including phenoxy) is 1. The van der Waals surface area contributed by atoms with Gasteiger partial charge < -0.3 is 15.0 Å². The number of methoxy groups -OCH3 is 1. The Hall–Kier alpha value is -3.92. The number of benzene rings is 3. The molecule has 214 valence electrons.